The van der Waals surface area contributed by atoms with Crippen LogP contribution in [0.15, 0.2) is 24.4 Å². The number of amides is 1. The predicted molar refractivity (Wildman–Crippen MR) is 62.7 cm³/mol. The fourth-order valence-corrected chi connectivity index (χ4v) is 1.43. The Bertz CT molecular complexity index is 319. The van der Waals surface area contributed by atoms with Crippen molar-refractivity contribution in [3.63, 3.8) is 0 Å². The van der Waals surface area contributed by atoms with Gasteiger partial charge >= 0.3 is 0 Å². The largest absolute Gasteiger partial charge is 0.383 e. The quantitative estimate of drug-likeness (QED) is 0.769. The highest BCUT2D eigenvalue weighted by molar-refractivity contribution is 6.20. The standard InChI is InChI=1S/C11H15ClN2O2/c1-16-8-9(12)5-7-14-11(15)10-4-2-3-6-13-10/h2-4,6,9H,5,7-8H2,1H3,(H,14,15). The Morgan fingerprint density at radius 2 is 2.44 bits per heavy atom. The maximum absolute atomic E-state index is 11.5. The second-order valence-corrected chi connectivity index (χ2v) is 3.93. The molecule has 0 saturated heterocycles. The van der Waals surface area contributed by atoms with Crippen LogP contribution in [-0.2, 0) is 4.74 Å². The van der Waals surface area contributed by atoms with Crippen molar-refractivity contribution in [3.8, 4) is 0 Å². The van der Waals surface area contributed by atoms with Crippen LogP contribution in [0.2, 0.25) is 0 Å². The molecule has 88 valence electrons. The first kappa shape index (κ1) is 12.9. The van der Waals surface area contributed by atoms with Gasteiger partial charge in [0.1, 0.15) is 5.69 Å². The van der Waals surface area contributed by atoms with E-state index >= 15 is 0 Å². The first-order chi connectivity index (χ1) is 7.74. The number of aromatic nitrogens is 1. The molecule has 1 atom stereocenters. The summed E-state index contributed by atoms with van der Waals surface area (Å²) in [6.07, 6.45) is 2.26. The predicted octanol–water partition coefficient (Wildman–Crippen LogP) is 1.46. The topological polar surface area (TPSA) is 51.2 Å². The lowest BCUT2D eigenvalue weighted by atomic mass is 10.3. The van der Waals surface area contributed by atoms with E-state index in [0.29, 0.717) is 25.3 Å². The van der Waals surface area contributed by atoms with Crippen molar-refractivity contribution in [1.82, 2.24) is 10.3 Å². The smallest absolute Gasteiger partial charge is 0.269 e. The molecule has 0 spiro atoms. The minimum Gasteiger partial charge on any atom is -0.383 e. The maximum Gasteiger partial charge on any atom is 0.269 e. The lowest BCUT2D eigenvalue weighted by molar-refractivity contribution is 0.0947. The molecule has 0 saturated carbocycles. The van der Waals surface area contributed by atoms with Crippen LogP contribution >= 0.6 is 11.6 Å². The van der Waals surface area contributed by atoms with Crippen molar-refractivity contribution in [2.45, 2.75) is 11.8 Å². The Balaban J connectivity index is 2.26. The van der Waals surface area contributed by atoms with Gasteiger partial charge in [-0.05, 0) is 18.6 Å². The van der Waals surface area contributed by atoms with E-state index in [1.807, 2.05) is 0 Å². The van der Waals surface area contributed by atoms with Crippen molar-refractivity contribution in [1.29, 1.82) is 0 Å². The van der Waals surface area contributed by atoms with E-state index in [2.05, 4.69) is 10.3 Å². The highest BCUT2D eigenvalue weighted by Crippen LogP contribution is 2.01. The van der Waals surface area contributed by atoms with Crippen LogP contribution in [-0.4, -0.2) is 36.5 Å². The van der Waals surface area contributed by atoms with Crippen LogP contribution < -0.4 is 5.32 Å². The summed E-state index contributed by atoms with van der Waals surface area (Å²) in [6.45, 7) is 1.01. The van der Waals surface area contributed by atoms with E-state index in [0.717, 1.165) is 0 Å². The number of carbonyl (C=O) groups excluding carboxylic acids is 1. The molecule has 1 aromatic heterocycles. The van der Waals surface area contributed by atoms with Gasteiger partial charge in [-0.25, -0.2) is 0 Å². The van der Waals surface area contributed by atoms with Crippen LogP contribution in [0.1, 0.15) is 16.9 Å². The van der Waals surface area contributed by atoms with Gasteiger partial charge in [-0.3, -0.25) is 9.78 Å². The van der Waals surface area contributed by atoms with Crippen LogP contribution in [0.25, 0.3) is 0 Å². The van der Waals surface area contributed by atoms with Gasteiger partial charge in [0, 0.05) is 19.9 Å². The number of alkyl halides is 1. The average molecular weight is 243 g/mol. The Labute approximate surface area is 100.0 Å². The minimum atomic E-state index is -0.179. The van der Waals surface area contributed by atoms with Gasteiger partial charge in [-0.15, -0.1) is 11.6 Å². The molecule has 0 bridgehead atoms. The van der Waals surface area contributed by atoms with E-state index < -0.39 is 0 Å². The average Bonchev–Trinajstić information content (AvgIpc) is 2.30. The molecule has 1 heterocycles. The fourth-order valence-electron chi connectivity index (χ4n) is 1.19. The third-order valence-electron chi connectivity index (χ3n) is 1.99. The molecule has 16 heavy (non-hydrogen) atoms. The van der Waals surface area contributed by atoms with Crippen molar-refractivity contribution in [2.75, 3.05) is 20.3 Å². The molecule has 0 aliphatic heterocycles. The zero-order valence-electron chi connectivity index (χ0n) is 9.15. The van der Waals surface area contributed by atoms with Crippen LogP contribution in [0.5, 0.6) is 0 Å². The van der Waals surface area contributed by atoms with Crippen molar-refractivity contribution >= 4 is 17.5 Å². The van der Waals surface area contributed by atoms with Gasteiger partial charge in [-0.1, -0.05) is 6.07 Å². The lowest BCUT2D eigenvalue weighted by Crippen LogP contribution is -2.27. The van der Waals surface area contributed by atoms with Crippen LogP contribution in [0, 0.1) is 0 Å². The highest BCUT2D eigenvalue weighted by Gasteiger charge is 2.07. The first-order valence-electron chi connectivity index (χ1n) is 5.06. The second-order valence-electron chi connectivity index (χ2n) is 3.31. The Morgan fingerprint density at radius 1 is 1.62 bits per heavy atom. The molecule has 5 heteroatoms. The highest BCUT2D eigenvalue weighted by atomic mass is 35.5. The van der Waals surface area contributed by atoms with Gasteiger partial charge in [0.2, 0.25) is 0 Å². The molecular weight excluding hydrogens is 228 g/mol. The minimum absolute atomic E-state index is 0.0750. The molecular formula is C11H15ClN2O2. The number of nitrogens with zero attached hydrogens (tertiary/aromatic N) is 1. The van der Waals surface area contributed by atoms with E-state index in [9.17, 15) is 4.79 Å². The monoisotopic (exact) mass is 242 g/mol. The molecule has 0 fully saturated rings. The number of ether oxygens (including phenoxy) is 1. The van der Waals surface area contributed by atoms with Gasteiger partial charge < -0.3 is 10.1 Å². The molecule has 1 unspecified atom stereocenters. The number of hydrogen-bond acceptors (Lipinski definition) is 3. The van der Waals surface area contributed by atoms with Crippen LogP contribution in [0.4, 0.5) is 0 Å². The van der Waals surface area contributed by atoms with E-state index in [-0.39, 0.29) is 11.3 Å². The zero-order chi connectivity index (χ0) is 11.8. The summed E-state index contributed by atoms with van der Waals surface area (Å²) in [7, 11) is 1.60. The number of halogens is 1. The Hall–Kier alpha value is -1.13. The molecule has 0 aromatic carbocycles. The number of hydrogen-bond donors (Lipinski definition) is 1. The van der Waals surface area contributed by atoms with Gasteiger partial charge in [0.15, 0.2) is 0 Å². The summed E-state index contributed by atoms with van der Waals surface area (Å²) < 4.78 is 4.89. The van der Waals surface area contributed by atoms with Crippen molar-refractivity contribution in [2.24, 2.45) is 0 Å². The number of pyridine rings is 1. The van der Waals surface area contributed by atoms with Gasteiger partial charge in [0.25, 0.3) is 5.91 Å². The van der Waals surface area contributed by atoms with Gasteiger partial charge in [-0.2, -0.15) is 0 Å². The summed E-state index contributed by atoms with van der Waals surface area (Å²) in [5, 5.41) is 2.67. The number of methoxy groups -OCH3 is 1. The normalized spacial score (nSPS) is 12.1. The molecule has 0 radical (unpaired) electrons. The first-order valence-corrected chi connectivity index (χ1v) is 5.50. The number of nitrogens with one attached hydrogen (secondary N) is 1. The lowest BCUT2D eigenvalue weighted by Gasteiger charge is -2.08. The van der Waals surface area contributed by atoms with Gasteiger partial charge in [0.05, 0.1) is 12.0 Å². The number of carbonyl (C=O) groups is 1. The number of rotatable bonds is 6. The van der Waals surface area contributed by atoms with E-state index in [4.69, 9.17) is 16.3 Å². The second kappa shape index (κ2) is 7.19. The molecule has 1 aromatic rings. The summed E-state index contributed by atoms with van der Waals surface area (Å²) in [4.78, 5) is 15.5. The summed E-state index contributed by atoms with van der Waals surface area (Å²) >= 11 is 5.92. The molecule has 0 aliphatic rings. The zero-order valence-corrected chi connectivity index (χ0v) is 9.91. The van der Waals surface area contributed by atoms with Crippen molar-refractivity contribution in [3.05, 3.63) is 30.1 Å². The van der Waals surface area contributed by atoms with Crippen molar-refractivity contribution < 1.29 is 9.53 Å². The molecule has 1 rings (SSSR count). The SMILES string of the molecule is COCC(Cl)CCNC(=O)c1ccccn1. The fraction of sp³-hybridized carbons (Fsp3) is 0.455. The van der Waals surface area contributed by atoms with E-state index in [1.165, 1.54) is 0 Å². The Morgan fingerprint density at radius 3 is 3.06 bits per heavy atom. The molecule has 0 aliphatic carbocycles. The Kier molecular flexibility index (Phi) is 5.82. The van der Waals surface area contributed by atoms with Crippen LogP contribution in [0.3, 0.4) is 0 Å². The molecule has 1 N–H and O–H groups in total. The third-order valence-corrected chi connectivity index (χ3v) is 2.33. The maximum atomic E-state index is 11.5. The summed E-state index contributed by atoms with van der Waals surface area (Å²) in [5.41, 5.74) is 0.417. The van der Waals surface area contributed by atoms with E-state index in [1.54, 1.807) is 31.5 Å². The molecule has 1 amide bonds. The third kappa shape index (κ3) is 4.59. The summed E-state index contributed by atoms with van der Waals surface area (Å²) in [6, 6.07) is 5.21. The molecule has 4 nitrogen and oxygen atoms in total. The summed E-state index contributed by atoms with van der Waals surface area (Å²) in [5.74, 6) is -0.179.